The number of nitrogens with two attached hydrogens (primary N) is 1. The van der Waals surface area contributed by atoms with Gasteiger partial charge in [-0.3, -0.25) is 14.4 Å². The Kier molecular flexibility index (Phi) is 3.52. The first kappa shape index (κ1) is 17.9. The van der Waals surface area contributed by atoms with E-state index in [9.17, 15) is 19.6 Å². The van der Waals surface area contributed by atoms with E-state index in [1.54, 1.807) is 43.3 Å². The van der Waals surface area contributed by atoms with Gasteiger partial charge in [-0.1, -0.05) is 42.5 Å². The number of nitrogens with zero attached hydrogens (tertiary/aromatic N) is 2. The summed E-state index contributed by atoms with van der Waals surface area (Å²) in [5.74, 6) is -2.21. The van der Waals surface area contributed by atoms with E-state index < -0.39 is 22.9 Å². The number of hydrogen-bond acceptors (Lipinski definition) is 6. The summed E-state index contributed by atoms with van der Waals surface area (Å²) in [4.78, 5) is 42.2. The Morgan fingerprint density at radius 3 is 2.33 bits per heavy atom. The van der Waals surface area contributed by atoms with Crippen molar-refractivity contribution in [1.82, 2.24) is 0 Å². The molecule has 3 aliphatic rings. The quantitative estimate of drug-likeness (QED) is 0.790. The maximum Gasteiger partial charge on any atom is 0.247 e. The summed E-state index contributed by atoms with van der Waals surface area (Å²) in [6, 6.07) is 15.2. The second-order valence-corrected chi connectivity index (χ2v) is 7.18. The lowest BCUT2D eigenvalue weighted by Gasteiger charge is -2.37. The third-order valence-electron chi connectivity index (χ3n) is 5.88. The fourth-order valence-corrected chi connectivity index (χ4v) is 4.65. The number of benzene rings is 2. The van der Waals surface area contributed by atoms with Gasteiger partial charge in [0.1, 0.15) is 17.1 Å². The van der Waals surface area contributed by atoms with Crippen LogP contribution in [-0.2, 0) is 14.9 Å². The normalized spacial score (nSPS) is 22.0. The molecule has 1 atom stereocenters. The number of carbonyl (C=O) groups is 3. The first-order valence-electron chi connectivity index (χ1n) is 9.41. The van der Waals surface area contributed by atoms with Gasteiger partial charge in [0.05, 0.1) is 5.57 Å². The van der Waals surface area contributed by atoms with Gasteiger partial charge in [0.2, 0.25) is 17.6 Å². The molecule has 2 aromatic carbocycles. The van der Waals surface area contributed by atoms with E-state index in [1.165, 1.54) is 17.0 Å². The fourth-order valence-electron chi connectivity index (χ4n) is 4.65. The highest BCUT2D eigenvalue weighted by Crippen LogP contribution is 2.55. The molecule has 0 saturated carbocycles. The highest BCUT2D eigenvalue weighted by molar-refractivity contribution is 6.31. The third-order valence-corrected chi connectivity index (χ3v) is 5.88. The monoisotopic (exact) mass is 397 g/mol. The molecule has 0 saturated heterocycles. The van der Waals surface area contributed by atoms with Gasteiger partial charge in [0, 0.05) is 28.9 Å². The number of fused-ring (bicyclic) bond motifs is 4. The van der Waals surface area contributed by atoms with Crippen molar-refractivity contribution in [3.8, 4) is 6.07 Å². The zero-order valence-corrected chi connectivity index (χ0v) is 15.9. The minimum Gasteiger partial charge on any atom is -0.436 e. The standard InChI is InChI=1S/C23H15N3O4/c1-2-26-16-10-6-5-9-14(16)23(22(26)29)15(11-24)21(25)30-20-17(23)18(27)12-7-3-4-8-13(12)19(20)28/h3-10H,2,25H2,1H3. The van der Waals surface area contributed by atoms with Gasteiger partial charge < -0.3 is 15.4 Å². The van der Waals surface area contributed by atoms with Crippen molar-refractivity contribution in [2.24, 2.45) is 5.73 Å². The minimum absolute atomic E-state index is 0.148. The molecular weight excluding hydrogens is 382 g/mol. The Morgan fingerprint density at radius 1 is 1.03 bits per heavy atom. The summed E-state index contributed by atoms with van der Waals surface area (Å²) >= 11 is 0. The SMILES string of the molecule is CCN1C(=O)C2(C(C#N)=C(N)OC3=C2C(=O)c2ccccc2C3=O)c2ccccc21. The Balaban J connectivity index is 1.93. The molecule has 2 aliphatic heterocycles. The Labute approximate surface area is 171 Å². The maximum absolute atomic E-state index is 13.8. The van der Waals surface area contributed by atoms with Gasteiger partial charge in [0.15, 0.2) is 11.5 Å². The molecule has 7 nitrogen and oxygen atoms in total. The van der Waals surface area contributed by atoms with Crippen molar-refractivity contribution in [3.05, 3.63) is 88.0 Å². The van der Waals surface area contributed by atoms with Crippen LogP contribution in [0.25, 0.3) is 0 Å². The number of ketones is 2. The van der Waals surface area contributed by atoms with Crippen LogP contribution < -0.4 is 10.6 Å². The average Bonchev–Trinajstić information content (AvgIpc) is 3.00. The Morgan fingerprint density at radius 2 is 1.67 bits per heavy atom. The molecule has 1 aliphatic carbocycles. The zero-order chi connectivity index (χ0) is 21.2. The van der Waals surface area contributed by atoms with Crippen molar-refractivity contribution in [2.45, 2.75) is 12.3 Å². The molecule has 1 amide bonds. The van der Waals surface area contributed by atoms with Crippen molar-refractivity contribution in [1.29, 1.82) is 5.26 Å². The molecule has 1 unspecified atom stereocenters. The smallest absolute Gasteiger partial charge is 0.247 e. The number of nitriles is 1. The molecule has 2 heterocycles. The van der Waals surface area contributed by atoms with E-state index in [2.05, 4.69) is 0 Å². The van der Waals surface area contributed by atoms with Crippen molar-refractivity contribution >= 4 is 23.2 Å². The molecule has 0 fully saturated rings. The second-order valence-electron chi connectivity index (χ2n) is 7.18. The van der Waals surface area contributed by atoms with Crippen LogP contribution in [0.2, 0.25) is 0 Å². The lowest BCUT2D eigenvalue weighted by atomic mass is 9.64. The van der Waals surface area contributed by atoms with Gasteiger partial charge in [0.25, 0.3) is 0 Å². The summed E-state index contributed by atoms with van der Waals surface area (Å²) in [5.41, 5.74) is 5.25. The Bertz CT molecular complexity index is 1300. The number of anilines is 1. The number of likely N-dealkylation sites (N-methyl/N-ethyl adjacent to an activating group) is 1. The van der Waals surface area contributed by atoms with Gasteiger partial charge in [-0.2, -0.15) is 5.26 Å². The number of carbonyl (C=O) groups excluding carboxylic acids is 3. The summed E-state index contributed by atoms with van der Waals surface area (Å²) in [6.45, 7) is 2.11. The molecule has 2 aromatic rings. The van der Waals surface area contributed by atoms with Crippen LogP contribution in [-0.4, -0.2) is 24.0 Å². The van der Waals surface area contributed by atoms with Crippen LogP contribution in [0.3, 0.4) is 0 Å². The van der Waals surface area contributed by atoms with Gasteiger partial charge in [-0.15, -0.1) is 0 Å². The summed E-state index contributed by atoms with van der Waals surface area (Å²) in [5, 5.41) is 9.97. The third kappa shape index (κ3) is 1.85. The lowest BCUT2D eigenvalue weighted by Crippen LogP contribution is -2.50. The molecule has 146 valence electrons. The first-order valence-corrected chi connectivity index (χ1v) is 9.41. The molecule has 0 bridgehead atoms. The van der Waals surface area contributed by atoms with E-state index in [0.717, 1.165) is 0 Å². The first-order chi connectivity index (χ1) is 14.5. The van der Waals surface area contributed by atoms with E-state index in [0.29, 0.717) is 17.8 Å². The highest BCUT2D eigenvalue weighted by atomic mass is 16.5. The number of Topliss-reactive ketones (excluding diaryl/α,β-unsaturated/α-hetero) is 2. The molecule has 0 radical (unpaired) electrons. The van der Waals surface area contributed by atoms with E-state index in [-0.39, 0.29) is 33.9 Å². The van der Waals surface area contributed by atoms with Crippen LogP contribution in [0.4, 0.5) is 5.69 Å². The summed E-state index contributed by atoms with van der Waals surface area (Å²) in [6.07, 6.45) is 0. The molecule has 5 rings (SSSR count). The molecule has 2 N–H and O–H groups in total. The van der Waals surface area contributed by atoms with E-state index in [4.69, 9.17) is 10.5 Å². The van der Waals surface area contributed by atoms with Crippen molar-refractivity contribution in [2.75, 3.05) is 11.4 Å². The number of hydrogen-bond donors (Lipinski definition) is 1. The molecular formula is C23H15N3O4. The van der Waals surface area contributed by atoms with Gasteiger partial charge in [-0.05, 0) is 13.0 Å². The highest BCUT2D eigenvalue weighted by Gasteiger charge is 2.63. The minimum atomic E-state index is -1.82. The molecule has 7 heteroatoms. The van der Waals surface area contributed by atoms with Crippen LogP contribution in [0.15, 0.2) is 71.3 Å². The van der Waals surface area contributed by atoms with Crippen molar-refractivity contribution in [3.63, 3.8) is 0 Å². The summed E-state index contributed by atoms with van der Waals surface area (Å²) in [7, 11) is 0. The molecule has 30 heavy (non-hydrogen) atoms. The second kappa shape index (κ2) is 5.91. The topological polar surface area (TPSA) is 113 Å². The molecule has 0 aromatic heterocycles. The number of rotatable bonds is 1. The van der Waals surface area contributed by atoms with Crippen LogP contribution in [0.1, 0.15) is 33.2 Å². The van der Waals surface area contributed by atoms with Crippen LogP contribution in [0.5, 0.6) is 0 Å². The van der Waals surface area contributed by atoms with Gasteiger partial charge >= 0.3 is 0 Å². The van der Waals surface area contributed by atoms with E-state index >= 15 is 0 Å². The van der Waals surface area contributed by atoms with Crippen molar-refractivity contribution < 1.29 is 19.1 Å². The average molecular weight is 397 g/mol. The lowest BCUT2D eigenvalue weighted by molar-refractivity contribution is -0.121. The fraction of sp³-hybridized carbons (Fsp3) is 0.130. The largest absolute Gasteiger partial charge is 0.436 e. The predicted molar refractivity (Wildman–Crippen MR) is 106 cm³/mol. The summed E-state index contributed by atoms with van der Waals surface area (Å²) < 4.78 is 5.53. The number of para-hydroxylation sites is 1. The van der Waals surface area contributed by atoms with Crippen LogP contribution in [0, 0.1) is 11.3 Å². The van der Waals surface area contributed by atoms with Gasteiger partial charge in [-0.25, -0.2) is 0 Å². The number of allylic oxidation sites excluding steroid dienone is 1. The predicted octanol–water partition coefficient (Wildman–Crippen LogP) is 2.35. The maximum atomic E-state index is 13.8. The zero-order valence-electron chi connectivity index (χ0n) is 15.9. The number of ether oxygens (including phenoxy) is 1. The van der Waals surface area contributed by atoms with E-state index in [1.807, 2.05) is 6.07 Å². The Hall–Kier alpha value is -4.18. The number of amides is 1. The van der Waals surface area contributed by atoms with Crippen LogP contribution >= 0.6 is 0 Å². The molecule has 1 spiro atoms.